The van der Waals surface area contributed by atoms with Gasteiger partial charge in [-0.15, -0.1) is 0 Å². The number of hydrogen-bond donors (Lipinski definition) is 1. The van der Waals surface area contributed by atoms with E-state index < -0.39 is 12.5 Å². The van der Waals surface area contributed by atoms with Gasteiger partial charge in [0.1, 0.15) is 17.4 Å². The van der Waals surface area contributed by atoms with Gasteiger partial charge in [0.2, 0.25) is 0 Å². The van der Waals surface area contributed by atoms with E-state index in [2.05, 4.69) is 10.1 Å². The van der Waals surface area contributed by atoms with E-state index in [1.165, 1.54) is 30.3 Å². The molecule has 1 rings (SSSR count). The molecule has 1 aromatic carbocycles. The summed E-state index contributed by atoms with van der Waals surface area (Å²) in [5, 5.41) is 11.6. The van der Waals surface area contributed by atoms with E-state index in [9.17, 15) is 13.6 Å². The number of alkyl halides is 2. The molecule has 7 heteroatoms. The molecule has 0 saturated carbocycles. The molecule has 0 saturated heterocycles. The van der Waals surface area contributed by atoms with Gasteiger partial charge in [0, 0.05) is 20.3 Å². The molecule has 0 spiro atoms. The van der Waals surface area contributed by atoms with Crippen molar-refractivity contribution >= 4 is 12.0 Å². The van der Waals surface area contributed by atoms with Crippen LogP contribution < -0.4 is 10.1 Å². The van der Waals surface area contributed by atoms with Gasteiger partial charge in [-0.1, -0.05) is 12.1 Å². The number of benzene rings is 1. The minimum absolute atomic E-state index is 0.00896. The van der Waals surface area contributed by atoms with Gasteiger partial charge < -0.3 is 14.8 Å². The van der Waals surface area contributed by atoms with Gasteiger partial charge in [-0.2, -0.15) is 14.0 Å². The third-order valence-corrected chi connectivity index (χ3v) is 2.59. The molecule has 0 unspecified atom stereocenters. The summed E-state index contributed by atoms with van der Waals surface area (Å²) < 4.78 is 33.1. The fraction of sp³-hybridized carbons (Fsp3) is 0.333. The molecule has 0 heterocycles. The largest absolute Gasteiger partial charge is 0.435 e. The lowest BCUT2D eigenvalue weighted by Gasteiger charge is -2.05. The van der Waals surface area contributed by atoms with E-state index in [1.807, 2.05) is 0 Å². The quantitative estimate of drug-likeness (QED) is 0.454. The van der Waals surface area contributed by atoms with Crippen molar-refractivity contribution < 1.29 is 23.0 Å². The molecule has 0 radical (unpaired) electrons. The Hall–Kier alpha value is -2.46. The van der Waals surface area contributed by atoms with E-state index in [0.29, 0.717) is 25.1 Å². The van der Waals surface area contributed by atoms with Crippen molar-refractivity contribution in [2.75, 3.05) is 20.3 Å². The number of nitrogens with zero attached hydrogens (tertiary/aromatic N) is 1. The SMILES string of the molecule is COCCCNC(=O)/C(C#N)=C\c1ccc(OC(F)F)cc1. The highest BCUT2D eigenvalue weighted by atomic mass is 19.3. The Morgan fingerprint density at radius 3 is 2.64 bits per heavy atom. The lowest BCUT2D eigenvalue weighted by molar-refractivity contribution is -0.117. The van der Waals surface area contributed by atoms with Crippen molar-refractivity contribution in [2.45, 2.75) is 13.0 Å². The van der Waals surface area contributed by atoms with Gasteiger partial charge in [0.25, 0.3) is 5.91 Å². The second kappa shape index (κ2) is 9.47. The average Bonchev–Trinajstić information content (AvgIpc) is 2.50. The second-order valence-corrected chi connectivity index (χ2v) is 4.22. The summed E-state index contributed by atoms with van der Waals surface area (Å²) in [6.07, 6.45) is 2.01. The average molecular weight is 310 g/mol. The van der Waals surface area contributed by atoms with Gasteiger partial charge >= 0.3 is 6.61 Å². The molecule has 0 aliphatic rings. The van der Waals surface area contributed by atoms with E-state index in [-0.39, 0.29) is 11.3 Å². The summed E-state index contributed by atoms with van der Waals surface area (Å²) in [7, 11) is 1.56. The summed E-state index contributed by atoms with van der Waals surface area (Å²) >= 11 is 0. The molecule has 0 atom stereocenters. The number of carbonyl (C=O) groups excluding carboxylic acids is 1. The lowest BCUT2D eigenvalue weighted by atomic mass is 10.1. The number of halogens is 2. The van der Waals surface area contributed by atoms with Crippen LogP contribution in [0.4, 0.5) is 8.78 Å². The van der Waals surface area contributed by atoms with Gasteiger partial charge in [-0.25, -0.2) is 0 Å². The van der Waals surface area contributed by atoms with Crippen molar-refractivity contribution in [2.24, 2.45) is 0 Å². The molecule has 1 aromatic rings. The van der Waals surface area contributed by atoms with E-state index in [1.54, 1.807) is 13.2 Å². The van der Waals surface area contributed by atoms with Crippen LogP contribution in [-0.2, 0) is 9.53 Å². The second-order valence-electron chi connectivity index (χ2n) is 4.22. The van der Waals surface area contributed by atoms with Crippen LogP contribution in [0.2, 0.25) is 0 Å². The Labute approximate surface area is 127 Å². The fourth-order valence-electron chi connectivity index (χ4n) is 1.57. The summed E-state index contributed by atoms with van der Waals surface area (Å²) in [5.41, 5.74) is 0.463. The number of nitriles is 1. The maximum absolute atomic E-state index is 12.0. The summed E-state index contributed by atoms with van der Waals surface area (Å²) in [5.74, 6) is -0.485. The lowest BCUT2D eigenvalue weighted by Crippen LogP contribution is -2.26. The van der Waals surface area contributed by atoms with E-state index in [0.717, 1.165) is 0 Å². The number of ether oxygens (including phenoxy) is 2. The molecule has 1 amide bonds. The fourth-order valence-corrected chi connectivity index (χ4v) is 1.57. The summed E-state index contributed by atoms with van der Waals surface area (Å²) in [4.78, 5) is 11.8. The topological polar surface area (TPSA) is 71.3 Å². The van der Waals surface area contributed by atoms with Gasteiger partial charge in [0.05, 0.1) is 0 Å². The van der Waals surface area contributed by atoms with Crippen LogP contribution in [0, 0.1) is 11.3 Å². The number of methoxy groups -OCH3 is 1. The van der Waals surface area contributed by atoms with E-state index in [4.69, 9.17) is 10.00 Å². The zero-order valence-corrected chi connectivity index (χ0v) is 12.0. The maximum atomic E-state index is 12.0. The van der Waals surface area contributed by atoms with Gasteiger partial charge in [0.15, 0.2) is 0 Å². The zero-order chi connectivity index (χ0) is 16.4. The molecule has 0 aliphatic carbocycles. The standard InChI is InChI=1S/C15H16F2N2O3/c1-21-8-2-7-19-14(20)12(10-18)9-11-3-5-13(6-4-11)22-15(16)17/h3-6,9,15H,2,7-8H2,1H3,(H,19,20)/b12-9-. The predicted molar refractivity (Wildman–Crippen MR) is 76.2 cm³/mol. The van der Waals surface area contributed by atoms with Crippen LogP contribution in [0.1, 0.15) is 12.0 Å². The van der Waals surface area contributed by atoms with Crippen LogP contribution >= 0.6 is 0 Å². The van der Waals surface area contributed by atoms with Crippen LogP contribution in [0.15, 0.2) is 29.8 Å². The number of carbonyl (C=O) groups is 1. The normalized spacial score (nSPS) is 11.1. The molecule has 1 N–H and O–H groups in total. The molecule has 0 aliphatic heterocycles. The number of rotatable bonds is 8. The van der Waals surface area contributed by atoms with E-state index >= 15 is 0 Å². The molecule has 118 valence electrons. The van der Waals surface area contributed by atoms with Crippen LogP contribution in [0.3, 0.4) is 0 Å². The van der Waals surface area contributed by atoms with Crippen LogP contribution in [-0.4, -0.2) is 32.8 Å². The number of nitrogens with one attached hydrogen (secondary N) is 1. The Bertz CT molecular complexity index is 551. The van der Waals surface area contributed by atoms with Crippen molar-refractivity contribution in [3.05, 3.63) is 35.4 Å². The number of amides is 1. The molecule has 0 aromatic heterocycles. The Morgan fingerprint density at radius 1 is 1.41 bits per heavy atom. The van der Waals surface area contributed by atoms with Crippen molar-refractivity contribution in [1.82, 2.24) is 5.32 Å². The summed E-state index contributed by atoms with van der Waals surface area (Å²) in [6.45, 7) is -1.99. The first-order chi connectivity index (χ1) is 10.6. The smallest absolute Gasteiger partial charge is 0.387 e. The van der Waals surface area contributed by atoms with Crippen molar-refractivity contribution in [3.63, 3.8) is 0 Å². The molecule has 0 fully saturated rings. The third-order valence-electron chi connectivity index (χ3n) is 2.59. The van der Waals surface area contributed by atoms with Crippen molar-refractivity contribution in [3.8, 4) is 11.8 Å². The highest BCUT2D eigenvalue weighted by Gasteiger charge is 2.08. The molecule has 5 nitrogen and oxygen atoms in total. The highest BCUT2D eigenvalue weighted by molar-refractivity contribution is 6.01. The first-order valence-electron chi connectivity index (χ1n) is 6.50. The molecule has 0 bridgehead atoms. The predicted octanol–water partition coefficient (Wildman–Crippen LogP) is 2.35. The zero-order valence-electron chi connectivity index (χ0n) is 12.0. The minimum Gasteiger partial charge on any atom is -0.435 e. The highest BCUT2D eigenvalue weighted by Crippen LogP contribution is 2.16. The first kappa shape index (κ1) is 17.6. The van der Waals surface area contributed by atoms with Gasteiger partial charge in [-0.3, -0.25) is 4.79 Å². The first-order valence-corrected chi connectivity index (χ1v) is 6.50. The Balaban J connectivity index is 2.67. The monoisotopic (exact) mass is 310 g/mol. The minimum atomic E-state index is -2.89. The Kier molecular flexibility index (Phi) is 7.57. The van der Waals surface area contributed by atoms with Gasteiger partial charge in [-0.05, 0) is 30.2 Å². The molecular weight excluding hydrogens is 294 g/mol. The Morgan fingerprint density at radius 2 is 2.09 bits per heavy atom. The molecule has 22 heavy (non-hydrogen) atoms. The summed E-state index contributed by atoms with van der Waals surface area (Å²) in [6, 6.07) is 7.44. The molecular formula is C15H16F2N2O3. The van der Waals surface area contributed by atoms with Crippen LogP contribution in [0.25, 0.3) is 6.08 Å². The van der Waals surface area contributed by atoms with Crippen LogP contribution in [0.5, 0.6) is 5.75 Å². The third kappa shape index (κ3) is 6.33. The van der Waals surface area contributed by atoms with Crippen molar-refractivity contribution in [1.29, 1.82) is 5.26 Å². The maximum Gasteiger partial charge on any atom is 0.387 e. The number of hydrogen-bond acceptors (Lipinski definition) is 4.